The van der Waals surface area contributed by atoms with Gasteiger partial charge in [0, 0.05) is 7.11 Å². The zero-order valence-corrected chi connectivity index (χ0v) is 10.7. The van der Waals surface area contributed by atoms with Crippen molar-refractivity contribution < 1.29 is 19.0 Å². The predicted molar refractivity (Wildman–Crippen MR) is 66.0 cm³/mol. The molecule has 1 aliphatic rings. The van der Waals surface area contributed by atoms with Crippen LogP contribution in [0.25, 0.3) is 0 Å². The number of carbonyl (C=O) groups is 1. The van der Waals surface area contributed by atoms with Gasteiger partial charge in [-0.25, -0.2) is 4.79 Å². The average Bonchev–Trinajstić information content (AvgIpc) is 2.73. The number of hydrogen-bond acceptors (Lipinski definition) is 4. The molecule has 3 atom stereocenters. The van der Waals surface area contributed by atoms with Crippen LogP contribution in [0.3, 0.4) is 0 Å². The van der Waals surface area contributed by atoms with Gasteiger partial charge in [-0.05, 0) is 12.0 Å². The van der Waals surface area contributed by atoms with Gasteiger partial charge in [0.15, 0.2) is 6.10 Å². The maximum absolute atomic E-state index is 11.7. The average molecular weight is 250 g/mol. The molecule has 0 spiro atoms. The summed E-state index contributed by atoms with van der Waals surface area (Å²) in [6.07, 6.45) is -0.412. The van der Waals surface area contributed by atoms with Crippen molar-refractivity contribution in [3.63, 3.8) is 0 Å². The molecule has 4 nitrogen and oxygen atoms in total. The van der Waals surface area contributed by atoms with Gasteiger partial charge >= 0.3 is 5.97 Å². The highest BCUT2D eigenvalue weighted by Crippen LogP contribution is 2.24. The standard InChI is InChI=1S/C14H18O4/c1-3-11-12(16-2)13(14(15)18-11)17-9-10-7-5-4-6-8-10/h4-8,11-13H,3,9H2,1-2H3/t11-,12-,13-/m1/s1. The predicted octanol–water partition coefficient (Wildman–Crippen LogP) is 1.92. The Morgan fingerprint density at radius 3 is 2.61 bits per heavy atom. The topological polar surface area (TPSA) is 44.8 Å². The molecule has 1 aliphatic heterocycles. The van der Waals surface area contributed by atoms with Gasteiger partial charge in [0.2, 0.25) is 0 Å². The second kappa shape index (κ2) is 5.98. The Kier molecular flexibility index (Phi) is 4.33. The maximum atomic E-state index is 11.7. The number of benzene rings is 1. The van der Waals surface area contributed by atoms with Crippen LogP contribution in [0.5, 0.6) is 0 Å². The summed E-state index contributed by atoms with van der Waals surface area (Å²) in [5.74, 6) is -0.329. The second-order valence-electron chi connectivity index (χ2n) is 4.30. The van der Waals surface area contributed by atoms with Crippen LogP contribution in [0.1, 0.15) is 18.9 Å². The van der Waals surface area contributed by atoms with Crippen LogP contribution in [0.15, 0.2) is 30.3 Å². The number of esters is 1. The van der Waals surface area contributed by atoms with Crippen molar-refractivity contribution >= 4 is 5.97 Å². The zero-order chi connectivity index (χ0) is 13.0. The molecule has 18 heavy (non-hydrogen) atoms. The summed E-state index contributed by atoms with van der Waals surface area (Å²) in [5.41, 5.74) is 1.03. The van der Waals surface area contributed by atoms with Gasteiger partial charge in [0.05, 0.1) is 6.61 Å². The molecule has 1 fully saturated rings. The van der Waals surface area contributed by atoms with Crippen molar-refractivity contribution in [2.24, 2.45) is 0 Å². The highest BCUT2D eigenvalue weighted by molar-refractivity contribution is 5.78. The monoisotopic (exact) mass is 250 g/mol. The minimum atomic E-state index is -0.625. The fourth-order valence-electron chi connectivity index (χ4n) is 2.13. The van der Waals surface area contributed by atoms with Crippen LogP contribution >= 0.6 is 0 Å². The van der Waals surface area contributed by atoms with Crippen LogP contribution in [0.4, 0.5) is 0 Å². The molecule has 0 amide bonds. The van der Waals surface area contributed by atoms with E-state index in [4.69, 9.17) is 14.2 Å². The second-order valence-corrected chi connectivity index (χ2v) is 4.30. The number of rotatable bonds is 5. The Morgan fingerprint density at radius 1 is 1.28 bits per heavy atom. The summed E-state index contributed by atoms with van der Waals surface area (Å²) >= 11 is 0. The molecule has 0 radical (unpaired) electrons. The number of hydrogen-bond donors (Lipinski definition) is 0. The van der Waals surface area contributed by atoms with Crippen LogP contribution in [-0.2, 0) is 25.6 Å². The first-order valence-electron chi connectivity index (χ1n) is 6.15. The van der Waals surface area contributed by atoms with Gasteiger partial charge in [-0.2, -0.15) is 0 Å². The summed E-state index contributed by atoms with van der Waals surface area (Å²) in [7, 11) is 1.58. The van der Waals surface area contributed by atoms with Crippen LogP contribution in [-0.4, -0.2) is 31.4 Å². The van der Waals surface area contributed by atoms with Crippen molar-refractivity contribution in [3.05, 3.63) is 35.9 Å². The molecule has 0 N–H and O–H groups in total. The minimum Gasteiger partial charge on any atom is -0.457 e. The maximum Gasteiger partial charge on any atom is 0.338 e. The van der Waals surface area contributed by atoms with Gasteiger partial charge in [-0.3, -0.25) is 0 Å². The van der Waals surface area contributed by atoms with Crippen molar-refractivity contribution in [1.82, 2.24) is 0 Å². The number of ether oxygens (including phenoxy) is 3. The van der Waals surface area contributed by atoms with Gasteiger partial charge < -0.3 is 14.2 Å². The summed E-state index contributed by atoms with van der Waals surface area (Å²) in [6.45, 7) is 2.35. The molecule has 0 bridgehead atoms. The van der Waals surface area contributed by atoms with E-state index in [0.29, 0.717) is 6.61 Å². The molecule has 1 heterocycles. The third kappa shape index (κ3) is 2.71. The van der Waals surface area contributed by atoms with Crippen molar-refractivity contribution in [3.8, 4) is 0 Å². The first-order valence-corrected chi connectivity index (χ1v) is 6.15. The molecule has 0 unspecified atom stereocenters. The molecule has 4 heteroatoms. The fraction of sp³-hybridized carbons (Fsp3) is 0.500. The molecular formula is C14H18O4. The lowest BCUT2D eigenvalue weighted by atomic mass is 10.1. The molecule has 0 aromatic heterocycles. The van der Waals surface area contributed by atoms with Crippen LogP contribution in [0, 0.1) is 0 Å². The van der Waals surface area contributed by atoms with Gasteiger partial charge in [-0.15, -0.1) is 0 Å². The Morgan fingerprint density at radius 2 is 2.00 bits per heavy atom. The van der Waals surface area contributed by atoms with E-state index in [-0.39, 0.29) is 18.2 Å². The normalized spacial score (nSPS) is 27.2. The first-order chi connectivity index (χ1) is 8.76. The van der Waals surface area contributed by atoms with Gasteiger partial charge in [0.25, 0.3) is 0 Å². The third-order valence-corrected chi connectivity index (χ3v) is 3.11. The molecule has 0 aliphatic carbocycles. The Labute approximate surface area is 107 Å². The van der Waals surface area contributed by atoms with Crippen molar-refractivity contribution in [2.75, 3.05) is 7.11 Å². The van der Waals surface area contributed by atoms with Crippen molar-refractivity contribution in [2.45, 2.75) is 38.3 Å². The molecule has 2 rings (SSSR count). The largest absolute Gasteiger partial charge is 0.457 e. The lowest BCUT2D eigenvalue weighted by Crippen LogP contribution is -2.35. The molecule has 1 aromatic carbocycles. The Hall–Kier alpha value is -1.39. The number of methoxy groups -OCH3 is 1. The Balaban J connectivity index is 1.97. The minimum absolute atomic E-state index is 0.205. The fourth-order valence-corrected chi connectivity index (χ4v) is 2.13. The van der Waals surface area contributed by atoms with E-state index < -0.39 is 6.10 Å². The summed E-state index contributed by atoms with van der Waals surface area (Å²) in [6, 6.07) is 9.74. The van der Waals surface area contributed by atoms with E-state index >= 15 is 0 Å². The smallest absolute Gasteiger partial charge is 0.338 e. The SMILES string of the molecule is CC[C@H]1OC(=O)[C@H](OCc2ccccc2)[C@@H]1OC. The molecule has 1 saturated heterocycles. The Bertz CT molecular complexity index is 390. The van der Waals surface area contributed by atoms with E-state index in [1.807, 2.05) is 37.3 Å². The van der Waals surface area contributed by atoms with Crippen LogP contribution in [0.2, 0.25) is 0 Å². The zero-order valence-electron chi connectivity index (χ0n) is 10.7. The van der Waals surface area contributed by atoms with Gasteiger partial charge in [-0.1, -0.05) is 37.3 Å². The van der Waals surface area contributed by atoms with E-state index in [1.54, 1.807) is 7.11 Å². The quantitative estimate of drug-likeness (QED) is 0.749. The van der Waals surface area contributed by atoms with Crippen molar-refractivity contribution in [1.29, 1.82) is 0 Å². The summed E-state index contributed by atoms with van der Waals surface area (Å²) in [5, 5.41) is 0. The van der Waals surface area contributed by atoms with E-state index in [2.05, 4.69) is 0 Å². The summed E-state index contributed by atoms with van der Waals surface area (Å²) in [4.78, 5) is 11.7. The van der Waals surface area contributed by atoms with E-state index in [0.717, 1.165) is 12.0 Å². The lowest BCUT2D eigenvalue weighted by molar-refractivity contribution is -0.150. The molecule has 0 saturated carbocycles. The summed E-state index contributed by atoms with van der Waals surface area (Å²) < 4.78 is 16.2. The van der Waals surface area contributed by atoms with E-state index in [1.165, 1.54) is 0 Å². The lowest BCUT2D eigenvalue weighted by Gasteiger charge is -2.18. The highest BCUT2D eigenvalue weighted by Gasteiger charge is 2.45. The molecule has 98 valence electrons. The number of cyclic esters (lactones) is 1. The number of carbonyl (C=O) groups excluding carboxylic acids is 1. The third-order valence-electron chi connectivity index (χ3n) is 3.11. The van der Waals surface area contributed by atoms with E-state index in [9.17, 15) is 4.79 Å². The molecular weight excluding hydrogens is 232 g/mol. The first kappa shape index (κ1) is 13.1. The van der Waals surface area contributed by atoms with Gasteiger partial charge in [0.1, 0.15) is 12.2 Å². The van der Waals surface area contributed by atoms with Crippen LogP contribution < -0.4 is 0 Å². The molecule has 1 aromatic rings. The highest BCUT2D eigenvalue weighted by atomic mass is 16.6.